The van der Waals surface area contributed by atoms with E-state index in [1.165, 1.54) is 16.7 Å². The van der Waals surface area contributed by atoms with Crippen molar-refractivity contribution in [2.24, 2.45) is 0 Å². The van der Waals surface area contributed by atoms with E-state index in [2.05, 4.69) is 51.1 Å². The molecule has 0 saturated heterocycles. The molecule has 1 amide bonds. The van der Waals surface area contributed by atoms with E-state index in [-0.39, 0.29) is 24.2 Å². The molecule has 0 bridgehead atoms. The lowest BCUT2D eigenvalue weighted by Crippen LogP contribution is -2.39. The van der Waals surface area contributed by atoms with E-state index in [9.17, 15) is 9.90 Å². The van der Waals surface area contributed by atoms with Gasteiger partial charge in [-0.25, -0.2) is 0 Å². The zero-order valence-electron chi connectivity index (χ0n) is 18.9. The molecule has 0 spiro atoms. The van der Waals surface area contributed by atoms with E-state index >= 15 is 0 Å². The van der Waals surface area contributed by atoms with Crippen LogP contribution in [0.1, 0.15) is 62.8 Å². The summed E-state index contributed by atoms with van der Waals surface area (Å²) in [7, 11) is 0. The van der Waals surface area contributed by atoms with E-state index in [4.69, 9.17) is 4.74 Å². The van der Waals surface area contributed by atoms with Crippen LogP contribution in [0.5, 0.6) is 5.75 Å². The van der Waals surface area contributed by atoms with Crippen LogP contribution in [0.15, 0.2) is 42.5 Å². The van der Waals surface area contributed by atoms with Gasteiger partial charge in [-0.05, 0) is 55.0 Å². The largest absolute Gasteiger partial charge is 0.487 e. The SMILES string of the molecule is CC(C)c1ccc(CC2(C)Cc3cc(CC(=O)N(CCO)C(C)C)ccc3O2)cc1. The summed E-state index contributed by atoms with van der Waals surface area (Å²) in [4.78, 5) is 14.4. The average Bonchev–Trinajstić information content (AvgIpc) is 3.01. The molecule has 1 heterocycles. The molecule has 1 atom stereocenters. The number of hydrogen-bond donors (Lipinski definition) is 1. The summed E-state index contributed by atoms with van der Waals surface area (Å²) >= 11 is 0. The number of ether oxygens (including phenoxy) is 1. The van der Waals surface area contributed by atoms with E-state index < -0.39 is 0 Å². The lowest BCUT2D eigenvalue weighted by Gasteiger charge is -2.26. The molecule has 0 saturated carbocycles. The maximum atomic E-state index is 12.7. The summed E-state index contributed by atoms with van der Waals surface area (Å²) < 4.78 is 6.33. The Balaban J connectivity index is 1.68. The third-order valence-corrected chi connectivity index (χ3v) is 5.91. The molecule has 2 aromatic carbocycles. The predicted molar refractivity (Wildman–Crippen MR) is 121 cm³/mol. The zero-order valence-corrected chi connectivity index (χ0v) is 18.9. The molecule has 0 fully saturated rings. The number of benzene rings is 2. The van der Waals surface area contributed by atoms with Crippen molar-refractivity contribution in [2.75, 3.05) is 13.2 Å². The van der Waals surface area contributed by atoms with Gasteiger partial charge in [0.2, 0.25) is 5.91 Å². The van der Waals surface area contributed by atoms with E-state index in [1.807, 2.05) is 26.0 Å². The Morgan fingerprint density at radius 3 is 2.37 bits per heavy atom. The molecule has 30 heavy (non-hydrogen) atoms. The summed E-state index contributed by atoms with van der Waals surface area (Å²) in [6, 6.07) is 15.0. The first-order valence-electron chi connectivity index (χ1n) is 11.0. The minimum Gasteiger partial charge on any atom is -0.487 e. The van der Waals surface area contributed by atoms with E-state index in [0.29, 0.717) is 18.9 Å². The monoisotopic (exact) mass is 409 g/mol. The lowest BCUT2D eigenvalue weighted by atomic mass is 9.90. The van der Waals surface area contributed by atoms with E-state index in [1.54, 1.807) is 4.90 Å². The highest BCUT2D eigenvalue weighted by Gasteiger charge is 2.35. The van der Waals surface area contributed by atoms with Crippen molar-refractivity contribution >= 4 is 5.91 Å². The molecule has 1 N–H and O–H groups in total. The van der Waals surface area contributed by atoms with Gasteiger partial charge in [0.15, 0.2) is 0 Å². The minimum absolute atomic E-state index is 0.0154. The van der Waals surface area contributed by atoms with Gasteiger partial charge in [0.1, 0.15) is 11.4 Å². The first-order chi connectivity index (χ1) is 14.2. The number of hydrogen-bond acceptors (Lipinski definition) is 3. The van der Waals surface area contributed by atoms with Crippen molar-refractivity contribution in [1.29, 1.82) is 0 Å². The number of carbonyl (C=O) groups excluding carboxylic acids is 1. The number of amides is 1. The number of aliphatic hydroxyl groups excluding tert-OH is 1. The molecular formula is C26H35NO3. The fourth-order valence-corrected chi connectivity index (χ4v) is 4.29. The quantitative estimate of drug-likeness (QED) is 0.697. The van der Waals surface area contributed by atoms with Gasteiger partial charge in [0, 0.05) is 25.4 Å². The Labute approximate surface area is 180 Å². The average molecular weight is 410 g/mol. The summed E-state index contributed by atoms with van der Waals surface area (Å²) in [5, 5.41) is 9.24. The maximum absolute atomic E-state index is 12.7. The third kappa shape index (κ3) is 5.23. The third-order valence-electron chi connectivity index (χ3n) is 5.91. The Hall–Kier alpha value is -2.33. The molecule has 1 aliphatic heterocycles. The van der Waals surface area contributed by atoms with Gasteiger partial charge in [-0.1, -0.05) is 50.2 Å². The molecule has 3 rings (SSSR count). The van der Waals surface area contributed by atoms with Crippen molar-refractivity contribution in [3.8, 4) is 5.75 Å². The molecule has 1 aliphatic rings. The first-order valence-corrected chi connectivity index (χ1v) is 11.0. The van der Waals surface area contributed by atoms with Gasteiger partial charge < -0.3 is 14.7 Å². The van der Waals surface area contributed by atoms with Crippen LogP contribution in [0.4, 0.5) is 0 Å². The Morgan fingerprint density at radius 1 is 1.10 bits per heavy atom. The van der Waals surface area contributed by atoms with Crippen molar-refractivity contribution in [1.82, 2.24) is 4.90 Å². The predicted octanol–water partition coefficient (Wildman–Crippen LogP) is 4.52. The highest BCUT2D eigenvalue weighted by molar-refractivity contribution is 5.79. The van der Waals surface area contributed by atoms with Crippen molar-refractivity contribution < 1.29 is 14.6 Å². The molecule has 2 aromatic rings. The molecule has 0 radical (unpaired) electrons. The van der Waals surface area contributed by atoms with Crippen LogP contribution in [-0.2, 0) is 24.1 Å². The van der Waals surface area contributed by atoms with Crippen molar-refractivity contribution in [2.45, 2.75) is 71.4 Å². The van der Waals surface area contributed by atoms with Crippen LogP contribution in [0.25, 0.3) is 0 Å². The van der Waals surface area contributed by atoms with Crippen LogP contribution in [0.3, 0.4) is 0 Å². The molecule has 4 nitrogen and oxygen atoms in total. The zero-order chi connectivity index (χ0) is 21.9. The second-order valence-corrected chi connectivity index (χ2v) is 9.33. The highest BCUT2D eigenvalue weighted by atomic mass is 16.5. The smallest absolute Gasteiger partial charge is 0.227 e. The number of nitrogens with zero attached hydrogens (tertiary/aromatic N) is 1. The topological polar surface area (TPSA) is 49.8 Å². The second-order valence-electron chi connectivity index (χ2n) is 9.33. The molecular weight excluding hydrogens is 374 g/mol. The minimum atomic E-state index is -0.273. The van der Waals surface area contributed by atoms with Gasteiger partial charge >= 0.3 is 0 Å². The van der Waals surface area contributed by atoms with Crippen molar-refractivity contribution in [3.63, 3.8) is 0 Å². The number of aliphatic hydroxyl groups is 1. The fourth-order valence-electron chi connectivity index (χ4n) is 4.29. The van der Waals surface area contributed by atoms with Gasteiger partial charge in [-0.3, -0.25) is 4.79 Å². The molecule has 162 valence electrons. The van der Waals surface area contributed by atoms with Gasteiger partial charge in [-0.2, -0.15) is 0 Å². The van der Waals surface area contributed by atoms with Gasteiger partial charge in [0.05, 0.1) is 13.0 Å². The van der Waals surface area contributed by atoms with E-state index in [0.717, 1.165) is 24.2 Å². The Morgan fingerprint density at radius 2 is 1.77 bits per heavy atom. The van der Waals surface area contributed by atoms with Gasteiger partial charge in [-0.15, -0.1) is 0 Å². The summed E-state index contributed by atoms with van der Waals surface area (Å²) in [5.74, 6) is 1.50. The molecule has 1 unspecified atom stereocenters. The van der Waals surface area contributed by atoms with Crippen LogP contribution >= 0.6 is 0 Å². The number of carbonyl (C=O) groups is 1. The number of fused-ring (bicyclic) bond motifs is 1. The van der Waals surface area contributed by atoms with Crippen LogP contribution in [0, 0.1) is 0 Å². The molecule has 0 aromatic heterocycles. The van der Waals surface area contributed by atoms with Crippen LogP contribution in [-0.4, -0.2) is 40.7 Å². The van der Waals surface area contributed by atoms with Gasteiger partial charge in [0.25, 0.3) is 0 Å². The van der Waals surface area contributed by atoms with Crippen molar-refractivity contribution in [3.05, 3.63) is 64.7 Å². The lowest BCUT2D eigenvalue weighted by molar-refractivity contribution is -0.132. The summed E-state index contributed by atoms with van der Waals surface area (Å²) in [5.41, 5.74) is 4.52. The molecule has 0 aliphatic carbocycles. The standard InChI is InChI=1S/C26H35NO3/c1-18(2)22-9-6-20(7-10-22)16-26(5)17-23-14-21(8-11-24(23)30-26)15-25(29)27(12-13-28)19(3)4/h6-11,14,18-19,28H,12-13,15-17H2,1-5H3. The fraction of sp³-hybridized carbons (Fsp3) is 0.500. The van der Waals surface area contributed by atoms with Crippen LogP contribution < -0.4 is 4.74 Å². The highest BCUT2D eigenvalue weighted by Crippen LogP contribution is 2.37. The Bertz CT molecular complexity index is 872. The second kappa shape index (κ2) is 9.22. The Kier molecular flexibility index (Phi) is 6.87. The maximum Gasteiger partial charge on any atom is 0.227 e. The summed E-state index contributed by atoms with van der Waals surface area (Å²) in [6.45, 7) is 10.9. The number of rotatable bonds is 8. The summed E-state index contributed by atoms with van der Waals surface area (Å²) in [6.07, 6.45) is 2.03. The molecule has 4 heteroatoms. The first kappa shape index (κ1) is 22.4. The normalized spacial score (nSPS) is 17.9. The van der Waals surface area contributed by atoms with Crippen LogP contribution in [0.2, 0.25) is 0 Å².